The zero-order valence-electron chi connectivity index (χ0n) is 7.75. The highest BCUT2D eigenvalue weighted by Crippen LogP contribution is 2.31. The predicted molar refractivity (Wildman–Crippen MR) is 43.0 cm³/mol. The van der Waals surface area contributed by atoms with Crippen LogP contribution in [0.25, 0.3) is 0 Å². The van der Waals surface area contributed by atoms with Crippen LogP contribution < -0.4 is 0 Å². The molecule has 0 aromatic carbocycles. The summed E-state index contributed by atoms with van der Waals surface area (Å²) in [7, 11) is 0. The quantitative estimate of drug-likeness (QED) is 0.772. The van der Waals surface area contributed by atoms with Gasteiger partial charge in [0.05, 0.1) is 0 Å². The van der Waals surface area contributed by atoms with E-state index in [0.717, 1.165) is 0 Å². The SMILES string of the molecule is O=C(O)CN(CC(F)(F)F)C(=O)C1CC1. The van der Waals surface area contributed by atoms with Crippen LogP contribution in [0.2, 0.25) is 0 Å². The van der Waals surface area contributed by atoms with Crippen LogP contribution in [0.15, 0.2) is 0 Å². The van der Waals surface area contributed by atoms with Crippen molar-refractivity contribution in [3.05, 3.63) is 0 Å². The summed E-state index contributed by atoms with van der Waals surface area (Å²) >= 11 is 0. The molecule has 15 heavy (non-hydrogen) atoms. The summed E-state index contributed by atoms with van der Waals surface area (Å²) in [6.45, 7) is -2.39. The summed E-state index contributed by atoms with van der Waals surface area (Å²) in [4.78, 5) is 21.9. The molecule has 0 bridgehead atoms. The van der Waals surface area contributed by atoms with Gasteiger partial charge < -0.3 is 10.0 Å². The average molecular weight is 225 g/mol. The zero-order valence-corrected chi connectivity index (χ0v) is 7.75. The van der Waals surface area contributed by atoms with Gasteiger partial charge >= 0.3 is 12.1 Å². The molecule has 4 nitrogen and oxygen atoms in total. The fourth-order valence-corrected chi connectivity index (χ4v) is 1.18. The first kappa shape index (κ1) is 11.8. The van der Waals surface area contributed by atoms with Crippen molar-refractivity contribution in [2.75, 3.05) is 13.1 Å². The van der Waals surface area contributed by atoms with Crippen molar-refractivity contribution in [2.45, 2.75) is 19.0 Å². The Hall–Kier alpha value is -1.27. The number of rotatable bonds is 4. The fraction of sp³-hybridized carbons (Fsp3) is 0.750. The molecule has 1 N–H and O–H groups in total. The molecule has 0 radical (unpaired) electrons. The predicted octanol–water partition coefficient (Wildman–Crippen LogP) is 0.872. The van der Waals surface area contributed by atoms with Crippen molar-refractivity contribution in [2.24, 2.45) is 5.92 Å². The Balaban J connectivity index is 2.59. The second-order valence-electron chi connectivity index (χ2n) is 3.48. The minimum atomic E-state index is -4.56. The number of hydrogen-bond donors (Lipinski definition) is 1. The molecule has 1 rings (SSSR count). The standard InChI is InChI=1S/C8H10F3NO3/c9-8(10,11)4-12(3-6(13)14)7(15)5-1-2-5/h5H,1-4H2,(H,13,14). The van der Waals surface area contributed by atoms with E-state index in [-0.39, 0.29) is 0 Å². The second kappa shape index (κ2) is 4.08. The first-order valence-electron chi connectivity index (χ1n) is 4.37. The van der Waals surface area contributed by atoms with Gasteiger partial charge in [0.25, 0.3) is 0 Å². The topological polar surface area (TPSA) is 57.6 Å². The number of aliphatic carboxylic acids is 1. The second-order valence-corrected chi connectivity index (χ2v) is 3.48. The number of carboxylic acids is 1. The van der Waals surface area contributed by atoms with Crippen LogP contribution in [-0.4, -0.2) is 41.1 Å². The van der Waals surface area contributed by atoms with E-state index in [4.69, 9.17) is 5.11 Å². The van der Waals surface area contributed by atoms with Crippen molar-refractivity contribution in [3.63, 3.8) is 0 Å². The summed E-state index contributed by atoms with van der Waals surface area (Å²) in [5.41, 5.74) is 0. The van der Waals surface area contributed by atoms with E-state index in [1.54, 1.807) is 0 Å². The van der Waals surface area contributed by atoms with Crippen LogP contribution in [0, 0.1) is 5.92 Å². The third-order valence-corrected chi connectivity index (χ3v) is 1.93. The molecule has 1 aliphatic rings. The van der Waals surface area contributed by atoms with E-state index in [9.17, 15) is 22.8 Å². The van der Waals surface area contributed by atoms with Gasteiger partial charge in [0.15, 0.2) is 0 Å². The molecule has 0 unspecified atom stereocenters. The molecule has 1 aliphatic carbocycles. The number of halogens is 3. The molecular formula is C8H10F3NO3. The molecule has 1 saturated carbocycles. The first-order chi connectivity index (χ1) is 6.79. The largest absolute Gasteiger partial charge is 0.480 e. The van der Waals surface area contributed by atoms with E-state index < -0.39 is 37.1 Å². The summed E-state index contributed by atoms with van der Waals surface area (Å²) in [6, 6.07) is 0. The first-order valence-corrected chi connectivity index (χ1v) is 4.37. The molecule has 0 aromatic rings. The third-order valence-electron chi connectivity index (χ3n) is 1.93. The van der Waals surface area contributed by atoms with Gasteiger partial charge in [0, 0.05) is 5.92 Å². The highest BCUT2D eigenvalue weighted by molar-refractivity contribution is 5.84. The van der Waals surface area contributed by atoms with Crippen LogP contribution in [0.3, 0.4) is 0 Å². The van der Waals surface area contributed by atoms with Gasteiger partial charge in [-0.1, -0.05) is 0 Å². The highest BCUT2D eigenvalue weighted by atomic mass is 19.4. The van der Waals surface area contributed by atoms with Crippen molar-refractivity contribution in [1.82, 2.24) is 4.90 Å². The monoisotopic (exact) mass is 225 g/mol. The van der Waals surface area contributed by atoms with Gasteiger partial charge in [-0.05, 0) is 12.8 Å². The molecule has 7 heteroatoms. The van der Waals surface area contributed by atoms with Gasteiger partial charge in [0.2, 0.25) is 5.91 Å². The van der Waals surface area contributed by atoms with E-state index in [1.165, 1.54) is 0 Å². The normalized spacial score (nSPS) is 16.2. The Kier molecular flexibility index (Phi) is 3.21. The molecule has 0 aromatic heterocycles. The van der Waals surface area contributed by atoms with Crippen LogP contribution in [-0.2, 0) is 9.59 Å². The molecule has 86 valence electrons. The number of hydrogen-bond acceptors (Lipinski definition) is 2. The highest BCUT2D eigenvalue weighted by Gasteiger charge is 2.39. The molecule has 0 spiro atoms. The Morgan fingerprint density at radius 3 is 2.20 bits per heavy atom. The lowest BCUT2D eigenvalue weighted by atomic mass is 10.3. The molecule has 0 heterocycles. The van der Waals surface area contributed by atoms with Gasteiger partial charge in [0.1, 0.15) is 13.1 Å². The minimum Gasteiger partial charge on any atom is -0.480 e. The van der Waals surface area contributed by atoms with E-state index in [1.807, 2.05) is 0 Å². The van der Waals surface area contributed by atoms with Crippen molar-refractivity contribution in [3.8, 4) is 0 Å². The van der Waals surface area contributed by atoms with Crippen molar-refractivity contribution >= 4 is 11.9 Å². The van der Waals surface area contributed by atoms with Gasteiger partial charge in [-0.3, -0.25) is 9.59 Å². The summed E-state index contributed by atoms with van der Waals surface area (Å²) in [5.74, 6) is -2.56. The maximum Gasteiger partial charge on any atom is 0.406 e. The van der Waals surface area contributed by atoms with Crippen LogP contribution in [0.5, 0.6) is 0 Å². The molecule has 1 amide bonds. The Labute approximate surface area is 83.7 Å². The molecule has 0 saturated heterocycles. The number of alkyl halides is 3. The molecular weight excluding hydrogens is 215 g/mol. The number of amides is 1. The summed E-state index contributed by atoms with van der Waals surface area (Å²) < 4.78 is 36.0. The number of carboxylic acid groups (broad SMARTS) is 1. The Bertz CT molecular complexity index is 273. The molecule has 0 atom stereocenters. The summed E-state index contributed by atoms with van der Waals surface area (Å²) in [5, 5.41) is 8.37. The van der Waals surface area contributed by atoms with Gasteiger partial charge in [-0.25, -0.2) is 0 Å². The Morgan fingerprint density at radius 1 is 1.33 bits per heavy atom. The maximum atomic E-state index is 12.0. The van der Waals surface area contributed by atoms with Gasteiger partial charge in [-0.15, -0.1) is 0 Å². The summed E-state index contributed by atoms with van der Waals surface area (Å²) in [6.07, 6.45) is -3.46. The number of carbonyl (C=O) groups is 2. The maximum absolute atomic E-state index is 12.0. The van der Waals surface area contributed by atoms with Gasteiger partial charge in [-0.2, -0.15) is 13.2 Å². The molecule has 1 fully saturated rings. The smallest absolute Gasteiger partial charge is 0.406 e. The number of carbonyl (C=O) groups excluding carboxylic acids is 1. The number of nitrogens with zero attached hydrogens (tertiary/aromatic N) is 1. The van der Waals surface area contributed by atoms with Crippen LogP contribution in [0.1, 0.15) is 12.8 Å². The third kappa shape index (κ3) is 4.18. The lowest BCUT2D eigenvalue weighted by Gasteiger charge is -2.21. The van der Waals surface area contributed by atoms with E-state index in [2.05, 4.69) is 0 Å². The molecule has 0 aliphatic heterocycles. The zero-order chi connectivity index (χ0) is 11.6. The minimum absolute atomic E-state index is 0.347. The lowest BCUT2D eigenvalue weighted by molar-refractivity contribution is -0.166. The van der Waals surface area contributed by atoms with E-state index >= 15 is 0 Å². The lowest BCUT2D eigenvalue weighted by Crippen LogP contribution is -2.42. The van der Waals surface area contributed by atoms with Crippen LogP contribution >= 0.6 is 0 Å². The fourth-order valence-electron chi connectivity index (χ4n) is 1.18. The van der Waals surface area contributed by atoms with Crippen molar-refractivity contribution < 1.29 is 27.9 Å². The van der Waals surface area contributed by atoms with Crippen LogP contribution in [0.4, 0.5) is 13.2 Å². The van der Waals surface area contributed by atoms with E-state index in [0.29, 0.717) is 17.7 Å². The Morgan fingerprint density at radius 2 is 1.87 bits per heavy atom. The average Bonchev–Trinajstić information content (AvgIpc) is 2.80. The van der Waals surface area contributed by atoms with Crippen molar-refractivity contribution in [1.29, 1.82) is 0 Å².